The second-order valence-corrected chi connectivity index (χ2v) is 3.92. The maximum atomic E-state index is 13.6. The Balaban J connectivity index is 3.11. The van der Waals surface area contributed by atoms with Gasteiger partial charge in [0.2, 0.25) is 0 Å². The Morgan fingerprint density at radius 3 is 2.44 bits per heavy atom. The fraction of sp³-hybridized carbons (Fsp3) is 0.455. The fourth-order valence-electron chi connectivity index (χ4n) is 1.73. The summed E-state index contributed by atoms with van der Waals surface area (Å²) < 4.78 is 26.3. The van der Waals surface area contributed by atoms with Crippen molar-refractivity contribution in [2.75, 3.05) is 20.7 Å². The fourth-order valence-corrected chi connectivity index (χ4v) is 1.73. The van der Waals surface area contributed by atoms with E-state index in [0.717, 1.165) is 6.07 Å². The Morgan fingerprint density at radius 1 is 1.38 bits per heavy atom. The van der Waals surface area contributed by atoms with Gasteiger partial charge in [0.25, 0.3) is 0 Å². The van der Waals surface area contributed by atoms with Crippen LogP contribution in [-0.2, 0) is 0 Å². The van der Waals surface area contributed by atoms with Gasteiger partial charge in [-0.15, -0.1) is 0 Å². The maximum Gasteiger partial charge on any atom is 0.130 e. The van der Waals surface area contributed by atoms with Gasteiger partial charge in [-0.25, -0.2) is 8.78 Å². The van der Waals surface area contributed by atoms with Crippen LogP contribution in [0.15, 0.2) is 18.2 Å². The van der Waals surface area contributed by atoms with Crippen LogP contribution in [0.5, 0.6) is 0 Å². The highest BCUT2D eigenvalue weighted by Crippen LogP contribution is 2.24. The summed E-state index contributed by atoms with van der Waals surface area (Å²) in [4.78, 5) is 1.69. The van der Waals surface area contributed by atoms with Crippen LogP contribution in [0.3, 0.4) is 0 Å². The van der Waals surface area contributed by atoms with Crippen molar-refractivity contribution in [2.45, 2.75) is 12.1 Å². The molecule has 2 atom stereocenters. The van der Waals surface area contributed by atoms with Crippen molar-refractivity contribution in [3.63, 3.8) is 0 Å². The lowest BCUT2D eigenvalue weighted by molar-refractivity contribution is 0.178. The molecule has 0 heterocycles. The summed E-state index contributed by atoms with van der Waals surface area (Å²) in [5, 5.41) is 9.01. The molecule has 0 saturated heterocycles. The summed E-state index contributed by atoms with van der Waals surface area (Å²) in [7, 11) is 3.45. The molecule has 2 unspecified atom stereocenters. The minimum atomic E-state index is -0.650. The van der Waals surface area contributed by atoms with Crippen molar-refractivity contribution in [1.29, 1.82) is 0 Å². The first-order chi connectivity index (χ1) is 7.47. The van der Waals surface area contributed by atoms with Gasteiger partial charge < -0.3 is 15.7 Å². The molecule has 16 heavy (non-hydrogen) atoms. The molecule has 0 amide bonds. The monoisotopic (exact) mass is 230 g/mol. The highest BCUT2D eigenvalue weighted by Gasteiger charge is 2.24. The zero-order valence-electron chi connectivity index (χ0n) is 9.32. The molecule has 3 N–H and O–H groups in total. The van der Waals surface area contributed by atoms with Crippen LogP contribution in [0.2, 0.25) is 0 Å². The van der Waals surface area contributed by atoms with E-state index in [2.05, 4.69) is 0 Å². The van der Waals surface area contributed by atoms with Gasteiger partial charge in [-0.05, 0) is 20.2 Å². The van der Waals surface area contributed by atoms with Crippen LogP contribution in [0.1, 0.15) is 11.6 Å². The molecule has 5 heteroatoms. The lowest BCUT2D eigenvalue weighted by Gasteiger charge is -2.29. The summed E-state index contributed by atoms with van der Waals surface area (Å²) in [5.41, 5.74) is 5.99. The third-order valence-electron chi connectivity index (χ3n) is 2.45. The van der Waals surface area contributed by atoms with E-state index in [0.29, 0.717) is 0 Å². The number of likely N-dealkylation sites (N-methyl/N-ethyl adjacent to an activating group) is 1. The molecule has 1 rings (SSSR count). The molecular weight excluding hydrogens is 214 g/mol. The van der Waals surface area contributed by atoms with Crippen molar-refractivity contribution in [2.24, 2.45) is 5.73 Å². The number of rotatable bonds is 4. The molecular formula is C11H16F2N2O. The van der Waals surface area contributed by atoms with Gasteiger partial charge in [0, 0.05) is 17.7 Å². The Kier molecular flexibility index (Phi) is 4.35. The van der Waals surface area contributed by atoms with E-state index >= 15 is 0 Å². The largest absolute Gasteiger partial charge is 0.395 e. The van der Waals surface area contributed by atoms with Crippen LogP contribution < -0.4 is 5.73 Å². The zero-order chi connectivity index (χ0) is 12.3. The Labute approximate surface area is 93.5 Å². The zero-order valence-corrected chi connectivity index (χ0v) is 9.32. The van der Waals surface area contributed by atoms with Crippen molar-refractivity contribution < 1.29 is 13.9 Å². The van der Waals surface area contributed by atoms with E-state index in [1.54, 1.807) is 19.0 Å². The molecule has 90 valence electrons. The van der Waals surface area contributed by atoms with E-state index in [-0.39, 0.29) is 12.2 Å². The molecule has 1 aromatic carbocycles. The predicted octanol–water partition coefficient (Wildman–Crippen LogP) is 0.887. The third kappa shape index (κ3) is 2.75. The molecule has 0 fully saturated rings. The highest BCUT2D eigenvalue weighted by atomic mass is 19.1. The number of hydrogen-bond acceptors (Lipinski definition) is 3. The second-order valence-electron chi connectivity index (χ2n) is 3.92. The summed E-state index contributed by atoms with van der Waals surface area (Å²) in [6.45, 7) is -0.264. The Bertz CT molecular complexity index is 358. The lowest BCUT2D eigenvalue weighted by Crippen LogP contribution is -2.40. The number of nitrogens with zero attached hydrogens (tertiary/aromatic N) is 1. The van der Waals surface area contributed by atoms with E-state index in [9.17, 15) is 8.78 Å². The predicted molar refractivity (Wildman–Crippen MR) is 57.8 cm³/mol. The summed E-state index contributed by atoms with van der Waals surface area (Å²) in [6, 6.07) is 2.25. The van der Waals surface area contributed by atoms with Gasteiger partial charge in [0.05, 0.1) is 12.6 Å². The second kappa shape index (κ2) is 5.34. The van der Waals surface area contributed by atoms with Crippen LogP contribution in [0, 0.1) is 11.6 Å². The van der Waals surface area contributed by atoms with Crippen molar-refractivity contribution in [3.05, 3.63) is 35.4 Å². The summed E-state index contributed by atoms with van der Waals surface area (Å²) >= 11 is 0. The average Bonchev–Trinajstić information content (AvgIpc) is 2.21. The van der Waals surface area contributed by atoms with Gasteiger partial charge in [0.1, 0.15) is 11.6 Å². The number of nitrogens with two attached hydrogens (primary N) is 1. The number of benzene rings is 1. The van der Waals surface area contributed by atoms with Gasteiger partial charge in [-0.3, -0.25) is 0 Å². The normalized spacial score (nSPS) is 15.2. The van der Waals surface area contributed by atoms with Gasteiger partial charge in [-0.1, -0.05) is 6.07 Å². The number of halogens is 2. The molecule has 0 radical (unpaired) electrons. The number of hydrogen-bond donors (Lipinski definition) is 2. The number of aliphatic hydroxyl groups excluding tert-OH is 1. The Hall–Kier alpha value is -1.04. The molecule has 0 saturated carbocycles. The summed E-state index contributed by atoms with van der Waals surface area (Å²) in [5.74, 6) is -1.28. The van der Waals surface area contributed by atoms with Gasteiger partial charge in [-0.2, -0.15) is 0 Å². The van der Waals surface area contributed by atoms with Gasteiger partial charge in [0.15, 0.2) is 0 Å². The molecule has 0 aliphatic heterocycles. The first kappa shape index (κ1) is 13.0. The quantitative estimate of drug-likeness (QED) is 0.807. The van der Waals surface area contributed by atoms with Crippen LogP contribution >= 0.6 is 0 Å². The minimum Gasteiger partial charge on any atom is -0.395 e. The minimum absolute atomic E-state index is 0.264. The lowest BCUT2D eigenvalue weighted by atomic mass is 9.98. The number of aliphatic hydroxyl groups is 1. The third-order valence-corrected chi connectivity index (χ3v) is 2.45. The SMILES string of the molecule is CN(C)C(c1ccc(F)cc1F)C(N)CO. The van der Waals surface area contributed by atoms with E-state index in [4.69, 9.17) is 10.8 Å². The molecule has 0 aliphatic rings. The summed E-state index contributed by atoms with van der Waals surface area (Å²) in [6.07, 6.45) is 0. The topological polar surface area (TPSA) is 49.5 Å². The van der Waals surface area contributed by atoms with Crippen LogP contribution in [0.25, 0.3) is 0 Å². The van der Waals surface area contributed by atoms with Crippen molar-refractivity contribution in [1.82, 2.24) is 4.90 Å². The maximum absolute atomic E-state index is 13.6. The first-order valence-electron chi connectivity index (χ1n) is 4.95. The molecule has 0 bridgehead atoms. The standard InChI is InChI=1S/C11H16F2N2O/c1-15(2)11(10(14)6-16)8-4-3-7(12)5-9(8)13/h3-5,10-11,16H,6,14H2,1-2H3. The smallest absolute Gasteiger partial charge is 0.130 e. The van der Waals surface area contributed by atoms with Crippen LogP contribution in [0.4, 0.5) is 8.78 Å². The van der Waals surface area contributed by atoms with E-state index in [1.807, 2.05) is 0 Å². The molecule has 1 aromatic rings. The molecule has 3 nitrogen and oxygen atoms in total. The average molecular weight is 230 g/mol. The molecule has 0 spiro atoms. The van der Waals surface area contributed by atoms with Crippen molar-refractivity contribution in [3.8, 4) is 0 Å². The molecule has 0 aromatic heterocycles. The molecule has 0 aliphatic carbocycles. The first-order valence-corrected chi connectivity index (χ1v) is 4.95. The highest BCUT2D eigenvalue weighted by molar-refractivity contribution is 5.23. The van der Waals surface area contributed by atoms with E-state index < -0.39 is 23.7 Å². The van der Waals surface area contributed by atoms with Crippen molar-refractivity contribution >= 4 is 0 Å². The van der Waals surface area contributed by atoms with Gasteiger partial charge >= 0.3 is 0 Å². The van der Waals surface area contributed by atoms with Crippen LogP contribution in [-0.4, -0.2) is 36.8 Å². The van der Waals surface area contributed by atoms with E-state index in [1.165, 1.54) is 12.1 Å². The Morgan fingerprint density at radius 2 is 2.00 bits per heavy atom.